The summed E-state index contributed by atoms with van der Waals surface area (Å²) in [5.74, 6) is -0.902. The van der Waals surface area contributed by atoms with Crippen molar-refractivity contribution < 1.29 is 15.0 Å². The molecule has 2 heterocycles. The summed E-state index contributed by atoms with van der Waals surface area (Å²) in [6.45, 7) is 12.1. The number of fused-ring (bicyclic) bond motifs is 1. The highest BCUT2D eigenvalue weighted by Gasteiger charge is 2.48. The lowest BCUT2D eigenvalue weighted by molar-refractivity contribution is 0.0228. The van der Waals surface area contributed by atoms with Gasteiger partial charge in [0.25, 0.3) is 5.91 Å². The summed E-state index contributed by atoms with van der Waals surface area (Å²) in [5, 5.41) is 22.5. The molecule has 4 rings (SSSR count). The van der Waals surface area contributed by atoms with E-state index >= 15 is 0 Å². The molecule has 0 spiro atoms. The first-order chi connectivity index (χ1) is 15.4. The average Bonchev–Trinajstić information content (AvgIpc) is 3.19. The van der Waals surface area contributed by atoms with Crippen LogP contribution >= 0.6 is 0 Å². The molecule has 1 fully saturated rings. The Labute approximate surface area is 195 Å². The van der Waals surface area contributed by atoms with Crippen LogP contribution in [-0.4, -0.2) is 42.2 Å². The number of benzene rings is 1. The second-order valence-corrected chi connectivity index (χ2v) is 10.8. The van der Waals surface area contributed by atoms with Gasteiger partial charge in [0.05, 0.1) is 5.54 Å². The zero-order chi connectivity index (χ0) is 24.3. The Bertz CT molecular complexity index is 1140. The van der Waals surface area contributed by atoms with Crippen molar-refractivity contribution in [3.63, 3.8) is 0 Å². The predicted molar refractivity (Wildman–Crippen MR) is 127 cm³/mol. The molecule has 0 bridgehead atoms. The smallest absolute Gasteiger partial charge is 0.316 e. The van der Waals surface area contributed by atoms with Gasteiger partial charge in [-0.3, -0.25) is 9.59 Å². The van der Waals surface area contributed by atoms with Gasteiger partial charge in [-0.2, -0.15) is 4.98 Å². The standard InChI is InChI=1S/C26H35N3O4/c1-15(2)29-24(33)19-20(30)23(32)27-22(28(19)14-25(29,5)6)21(31)26(9-7-8-10-26)18-12-16(3)11-17(4)13-18/h11-13,15,21,30-31H,7-10,14H2,1-6H3. The third-order valence-electron chi connectivity index (χ3n) is 7.38. The van der Waals surface area contributed by atoms with Crippen LogP contribution in [0.4, 0.5) is 0 Å². The van der Waals surface area contributed by atoms with E-state index in [1.54, 1.807) is 9.47 Å². The van der Waals surface area contributed by atoms with Crippen molar-refractivity contribution in [2.45, 2.75) is 96.9 Å². The molecule has 1 unspecified atom stereocenters. The van der Waals surface area contributed by atoms with Gasteiger partial charge in [0.15, 0.2) is 5.69 Å². The molecule has 1 atom stereocenters. The van der Waals surface area contributed by atoms with E-state index in [0.29, 0.717) is 6.54 Å². The van der Waals surface area contributed by atoms with Crippen LogP contribution in [0.3, 0.4) is 0 Å². The SMILES string of the molecule is Cc1cc(C)cc(C2(C(O)c3nc(=O)c(O)c4n3CC(C)(C)N(C(C)C)C4=O)CCCC2)c1. The van der Waals surface area contributed by atoms with E-state index < -0.39 is 34.3 Å². The van der Waals surface area contributed by atoms with Gasteiger partial charge in [0.1, 0.15) is 11.9 Å². The van der Waals surface area contributed by atoms with Crippen LogP contribution in [0.1, 0.15) is 92.5 Å². The van der Waals surface area contributed by atoms with E-state index in [4.69, 9.17) is 0 Å². The molecule has 1 saturated carbocycles. The molecule has 1 aliphatic carbocycles. The molecule has 33 heavy (non-hydrogen) atoms. The van der Waals surface area contributed by atoms with Gasteiger partial charge in [-0.05, 0) is 59.9 Å². The van der Waals surface area contributed by atoms with Crippen molar-refractivity contribution in [1.29, 1.82) is 0 Å². The summed E-state index contributed by atoms with van der Waals surface area (Å²) >= 11 is 0. The summed E-state index contributed by atoms with van der Waals surface area (Å²) in [4.78, 5) is 32.0. The lowest BCUT2D eigenvalue weighted by Crippen LogP contribution is -2.59. The van der Waals surface area contributed by atoms with E-state index in [-0.39, 0.29) is 17.6 Å². The highest BCUT2D eigenvalue weighted by Crippen LogP contribution is 2.50. The highest BCUT2D eigenvalue weighted by molar-refractivity contribution is 5.96. The molecule has 1 aliphatic heterocycles. The van der Waals surface area contributed by atoms with Crippen molar-refractivity contribution in [2.24, 2.45) is 0 Å². The summed E-state index contributed by atoms with van der Waals surface area (Å²) in [5.41, 5.74) is 1.13. The topological polar surface area (TPSA) is 95.7 Å². The number of amides is 1. The van der Waals surface area contributed by atoms with Crippen molar-refractivity contribution in [3.8, 4) is 5.75 Å². The fourth-order valence-electron chi connectivity index (χ4n) is 6.17. The van der Waals surface area contributed by atoms with Crippen LogP contribution < -0.4 is 5.56 Å². The maximum Gasteiger partial charge on any atom is 0.316 e. The maximum atomic E-state index is 13.5. The van der Waals surface area contributed by atoms with Crippen molar-refractivity contribution in [3.05, 3.63) is 56.8 Å². The maximum absolute atomic E-state index is 13.5. The monoisotopic (exact) mass is 453 g/mol. The first-order valence-corrected chi connectivity index (χ1v) is 11.8. The Hall–Kier alpha value is -2.67. The number of aromatic hydroxyl groups is 1. The minimum atomic E-state index is -1.08. The Morgan fingerprint density at radius 3 is 2.15 bits per heavy atom. The fraction of sp³-hybridized carbons (Fsp3) is 0.577. The van der Waals surface area contributed by atoms with Gasteiger partial charge in [0.2, 0.25) is 5.75 Å². The summed E-state index contributed by atoms with van der Waals surface area (Å²) in [6, 6.07) is 6.19. The largest absolute Gasteiger partial charge is 0.501 e. The van der Waals surface area contributed by atoms with E-state index in [1.807, 2.05) is 41.5 Å². The second-order valence-electron chi connectivity index (χ2n) is 10.8. The number of aliphatic hydroxyl groups is 1. The van der Waals surface area contributed by atoms with Gasteiger partial charge in [0, 0.05) is 18.0 Å². The lowest BCUT2D eigenvalue weighted by atomic mass is 9.72. The van der Waals surface area contributed by atoms with Gasteiger partial charge in [-0.25, -0.2) is 0 Å². The molecule has 0 saturated heterocycles. The molecule has 0 radical (unpaired) electrons. The van der Waals surface area contributed by atoms with Crippen LogP contribution in [0.5, 0.6) is 5.75 Å². The Balaban J connectivity index is 1.94. The van der Waals surface area contributed by atoms with Crippen molar-refractivity contribution >= 4 is 5.91 Å². The van der Waals surface area contributed by atoms with E-state index in [2.05, 4.69) is 23.2 Å². The first kappa shape index (κ1) is 23.5. The number of hydrogen-bond donors (Lipinski definition) is 2. The van der Waals surface area contributed by atoms with Crippen LogP contribution in [0.15, 0.2) is 23.0 Å². The predicted octanol–water partition coefficient (Wildman–Crippen LogP) is 3.75. The lowest BCUT2D eigenvalue weighted by Gasteiger charge is -2.47. The quantitative estimate of drug-likeness (QED) is 0.735. The normalized spacial score (nSPS) is 20.2. The molecular weight excluding hydrogens is 418 g/mol. The highest BCUT2D eigenvalue weighted by atomic mass is 16.3. The number of rotatable bonds is 4. The number of carbonyl (C=O) groups is 1. The van der Waals surface area contributed by atoms with Gasteiger partial charge in [-0.15, -0.1) is 0 Å². The Kier molecular flexibility index (Phi) is 5.68. The second kappa shape index (κ2) is 7.97. The van der Waals surface area contributed by atoms with E-state index in [1.165, 1.54) is 0 Å². The zero-order valence-electron chi connectivity index (χ0n) is 20.5. The number of aryl methyl sites for hydroxylation is 2. The molecule has 2 aliphatic rings. The number of aromatic nitrogens is 2. The number of aliphatic hydroxyl groups excluding tert-OH is 1. The Morgan fingerprint density at radius 1 is 1.03 bits per heavy atom. The van der Waals surface area contributed by atoms with E-state index in [9.17, 15) is 19.8 Å². The number of hydrogen-bond acceptors (Lipinski definition) is 5. The average molecular weight is 454 g/mol. The summed E-state index contributed by atoms with van der Waals surface area (Å²) < 4.78 is 1.59. The zero-order valence-corrected chi connectivity index (χ0v) is 20.5. The molecule has 2 aromatic rings. The van der Waals surface area contributed by atoms with Crippen molar-refractivity contribution in [1.82, 2.24) is 14.5 Å². The third-order valence-corrected chi connectivity index (χ3v) is 7.38. The van der Waals surface area contributed by atoms with Crippen LogP contribution in [-0.2, 0) is 12.0 Å². The molecule has 2 N–H and O–H groups in total. The fourth-order valence-corrected chi connectivity index (χ4v) is 6.17. The number of carbonyl (C=O) groups excluding carboxylic acids is 1. The molecule has 7 heteroatoms. The first-order valence-electron chi connectivity index (χ1n) is 11.8. The molecule has 7 nitrogen and oxygen atoms in total. The van der Waals surface area contributed by atoms with Gasteiger partial charge in [-0.1, -0.05) is 42.2 Å². The van der Waals surface area contributed by atoms with Crippen LogP contribution in [0.25, 0.3) is 0 Å². The summed E-state index contributed by atoms with van der Waals surface area (Å²) in [6.07, 6.45) is 2.37. The minimum absolute atomic E-state index is 0.0781. The molecule has 178 valence electrons. The minimum Gasteiger partial charge on any atom is -0.501 e. The molecule has 1 amide bonds. The van der Waals surface area contributed by atoms with Crippen molar-refractivity contribution in [2.75, 3.05) is 0 Å². The molecular formula is C26H35N3O4. The third kappa shape index (κ3) is 3.66. The Morgan fingerprint density at radius 2 is 1.61 bits per heavy atom. The van der Waals surface area contributed by atoms with E-state index in [0.717, 1.165) is 42.4 Å². The van der Waals surface area contributed by atoms with Gasteiger partial charge >= 0.3 is 5.56 Å². The molecule has 1 aromatic heterocycles. The molecule has 1 aromatic carbocycles. The van der Waals surface area contributed by atoms with Crippen LogP contribution in [0.2, 0.25) is 0 Å². The van der Waals surface area contributed by atoms with Gasteiger partial charge < -0.3 is 19.7 Å². The summed E-state index contributed by atoms with van der Waals surface area (Å²) in [7, 11) is 0. The van der Waals surface area contributed by atoms with Crippen LogP contribution in [0, 0.1) is 13.8 Å². The number of nitrogens with zero attached hydrogens (tertiary/aromatic N) is 3.